The van der Waals surface area contributed by atoms with Crippen molar-refractivity contribution in [2.24, 2.45) is 0 Å². The first-order valence-electron chi connectivity index (χ1n) is 7.75. The van der Waals surface area contributed by atoms with E-state index in [0.29, 0.717) is 32.0 Å². The Hall–Kier alpha value is -1.83. The van der Waals surface area contributed by atoms with E-state index in [-0.39, 0.29) is 11.9 Å². The first kappa shape index (κ1) is 16.0. The van der Waals surface area contributed by atoms with E-state index >= 15 is 0 Å². The van der Waals surface area contributed by atoms with Crippen LogP contribution in [-0.2, 0) is 11.0 Å². The Morgan fingerprint density at radius 3 is 2.48 bits per heavy atom. The second-order valence-corrected chi connectivity index (χ2v) is 5.87. The van der Waals surface area contributed by atoms with E-state index < -0.39 is 11.7 Å². The van der Waals surface area contributed by atoms with Crippen molar-refractivity contribution in [3.63, 3.8) is 0 Å². The molecular formula is C15H19F3N4O. The normalized spacial score (nSPS) is 23.7. The molecule has 0 radical (unpaired) electrons. The van der Waals surface area contributed by atoms with E-state index in [9.17, 15) is 18.0 Å². The highest BCUT2D eigenvalue weighted by Gasteiger charge is 2.32. The highest BCUT2D eigenvalue weighted by molar-refractivity contribution is 5.82. The number of anilines is 1. The fraction of sp³-hybridized carbons (Fsp3) is 0.600. The van der Waals surface area contributed by atoms with Gasteiger partial charge >= 0.3 is 6.18 Å². The summed E-state index contributed by atoms with van der Waals surface area (Å²) < 4.78 is 37.7. The molecule has 2 aliphatic rings. The molecule has 0 spiro atoms. The Kier molecular flexibility index (Phi) is 4.43. The Labute approximate surface area is 132 Å². The third kappa shape index (κ3) is 3.57. The van der Waals surface area contributed by atoms with Crippen molar-refractivity contribution >= 4 is 11.7 Å². The summed E-state index contributed by atoms with van der Waals surface area (Å²) in [4.78, 5) is 19.9. The van der Waals surface area contributed by atoms with Gasteiger partial charge in [-0.15, -0.1) is 0 Å². The highest BCUT2D eigenvalue weighted by Crippen LogP contribution is 2.29. The van der Waals surface area contributed by atoms with Gasteiger partial charge in [-0.1, -0.05) is 0 Å². The number of piperazine rings is 1. The van der Waals surface area contributed by atoms with Crippen LogP contribution in [0.25, 0.3) is 0 Å². The van der Waals surface area contributed by atoms with Gasteiger partial charge < -0.3 is 10.2 Å². The maximum Gasteiger partial charge on any atom is 0.417 e. The molecule has 2 aliphatic heterocycles. The van der Waals surface area contributed by atoms with Gasteiger partial charge in [0.1, 0.15) is 5.82 Å². The zero-order valence-electron chi connectivity index (χ0n) is 12.6. The van der Waals surface area contributed by atoms with Gasteiger partial charge in [-0.3, -0.25) is 9.69 Å². The minimum Gasteiger partial charge on any atom is -0.355 e. The largest absolute Gasteiger partial charge is 0.417 e. The Morgan fingerprint density at radius 1 is 1.17 bits per heavy atom. The fourth-order valence-corrected chi connectivity index (χ4v) is 3.11. The standard InChI is InChI=1S/C15H19F3N4O/c16-15(17,18)11-3-4-13(20-10-11)22-8-6-21(7-9-22)12-2-1-5-19-14(12)23/h3-4,10,12H,1-2,5-9H2,(H,19,23). The summed E-state index contributed by atoms with van der Waals surface area (Å²) in [5.74, 6) is 0.628. The van der Waals surface area contributed by atoms with Gasteiger partial charge in [0.2, 0.25) is 5.91 Å². The molecule has 126 valence electrons. The average Bonchev–Trinajstić information content (AvgIpc) is 2.55. The summed E-state index contributed by atoms with van der Waals surface area (Å²) in [6.45, 7) is 3.47. The number of carbonyl (C=O) groups excluding carboxylic acids is 1. The van der Waals surface area contributed by atoms with Crippen LogP contribution in [0.2, 0.25) is 0 Å². The van der Waals surface area contributed by atoms with Gasteiger partial charge in [0.05, 0.1) is 11.6 Å². The predicted octanol–water partition coefficient (Wildman–Crippen LogP) is 1.50. The quantitative estimate of drug-likeness (QED) is 0.894. The molecular weight excluding hydrogens is 309 g/mol. The van der Waals surface area contributed by atoms with Gasteiger partial charge in [-0.25, -0.2) is 4.98 Å². The van der Waals surface area contributed by atoms with Crippen molar-refractivity contribution in [3.05, 3.63) is 23.9 Å². The number of rotatable bonds is 2. The van der Waals surface area contributed by atoms with Crippen molar-refractivity contribution in [2.75, 3.05) is 37.6 Å². The number of hydrogen-bond donors (Lipinski definition) is 1. The van der Waals surface area contributed by atoms with Crippen LogP contribution in [0.5, 0.6) is 0 Å². The van der Waals surface area contributed by atoms with Crippen LogP contribution in [0.4, 0.5) is 19.0 Å². The maximum absolute atomic E-state index is 12.6. The highest BCUT2D eigenvalue weighted by atomic mass is 19.4. The van der Waals surface area contributed by atoms with Crippen LogP contribution in [0.3, 0.4) is 0 Å². The minimum atomic E-state index is -4.36. The molecule has 0 aliphatic carbocycles. The van der Waals surface area contributed by atoms with E-state index in [1.165, 1.54) is 6.07 Å². The van der Waals surface area contributed by atoms with Crippen LogP contribution in [0.1, 0.15) is 18.4 Å². The third-order valence-corrected chi connectivity index (χ3v) is 4.41. The number of nitrogens with zero attached hydrogens (tertiary/aromatic N) is 3. The Morgan fingerprint density at radius 2 is 1.91 bits per heavy atom. The molecule has 1 aromatic heterocycles. The summed E-state index contributed by atoms with van der Waals surface area (Å²) in [6.07, 6.45) is -1.64. The molecule has 23 heavy (non-hydrogen) atoms. The van der Waals surface area contributed by atoms with Crippen LogP contribution >= 0.6 is 0 Å². The number of amides is 1. The average molecular weight is 328 g/mol. The van der Waals surface area contributed by atoms with Gasteiger partial charge in [0.15, 0.2) is 0 Å². The van der Waals surface area contributed by atoms with E-state index in [2.05, 4.69) is 15.2 Å². The minimum absolute atomic E-state index is 0.0773. The smallest absolute Gasteiger partial charge is 0.355 e. The van der Waals surface area contributed by atoms with E-state index in [1.807, 2.05) is 4.90 Å². The molecule has 3 heterocycles. The lowest BCUT2D eigenvalue weighted by atomic mass is 10.0. The molecule has 2 saturated heterocycles. The first-order valence-corrected chi connectivity index (χ1v) is 7.75. The van der Waals surface area contributed by atoms with Crippen LogP contribution < -0.4 is 10.2 Å². The van der Waals surface area contributed by atoms with Crippen LogP contribution in [-0.4, -0.2) is 54.6 Å². The third-order valence-electron chi connectivity index (χ3n) is 4.41. The number of piperidine rings is 1. The van der Waals surface area contributed by atoms with Gasteiger partial charge in [-0.2, -0.15) is 13.2 Å². The monoisotopic (exact) mass is 328 g/mol. The molecule has 1 atom stereocenters. The molecule has 0 bridgehead atoms. The fourth-order valence-electron chi connectivity index (χ4n) is 3.11. The van der Waals surface area contributed by atoms with E-state index in [0.717, 1.165) is 31.6 Å². The number of halogens is 3. The molecule has 2 fully saturated rings. The molecule has 1 amide bonds. The topological polar surface area (TPSA) is 48.5 Å². The van der Waals surface area contributed by atoms with Gasteiger partial charge in [0.25, 0.3) is 0 Å². The summed E-state index contributed by atoms with van der Waals surface area (Å²) in [5, 5.41) is 2.88. The Balaban J connectivity index is 1.59. The van der Waals surface area contributed by atoms with Crippen molar-refractivity contribution in [2.45, 2.75) is 25.1 Å². The molecule has 3 rings (SSSR count). The van der Waals surface area contributed by atoms with Crippen molar-refractivity contribution < 1.29 is 18.0 Å². The van der Waals surface area contributed by atoms with Gasteiger partial charge in [0, 0.05) is 38.9 Å². The lowest BCUT2D eigenvalue weighted by Gasteiger charge is -2.40. The van der Waals surface area contributed by atoms with Crippen molar-refractivity contribution in [1.29, 1.82) is 0 Å². The SMILES string of the molecule is O=C1NCCCC1N1CCN(c2ccc(C(F)(F)F)cn2)CC1. The zero-order valence-corrected chi connectivity index (χ0v) is 12.6. The number of hydrogen-bond acceptors (Lipinski definition) is 4. The van der Waals surface area contributed by atoms with Crippen LogP contribution in [0.15, 0.2) is 18.3 Å². The molecule has 0 aromatic carbocycles. The zero-order chi connectivity index (χ0) is 16.4. The Bertz CT molecular complexity index is 553. The second kappa shape index (κ2) is 6.35. The molecule has 8 heteroatoms. The molecule has 5 nitrogen and oxygen atoms in total. The van der Waals surface area contributed by atoms with Crippen LogP contribution in [0, 0.1) is 0 Å². The molecule has 0 saturated carbocycles. The number of nitrogens with one attached hydrogen (secondary N) is 1. The van der Waals surface area contributed by atoms with E-state index in [4.69, 9.17) is 0 Å². The lowest BCUT2D eigenvalue weighted by Crippen LogP contribution is -2.56. The summed E-state index contributed by atoms with van der Waals surface area (Å²) in [7, 11) is 0. The summed E-state index contributed by atoms with van der Waals surface area (Å²) >= 11 is 0. The maximum atomic E-state index is 12.6. The number of carbonyl (C=O) groups is 1. The predicted molar refractivity (Wildman–Crippen MR) is 79.1 cm³/mol. The summed E-state index contributed by atoms with van der Waals surface area (Å²) in [5.41, 5.74) is -0.737. The molecule has 1 N–H and O–H groups in total. The first-order chi connectivity index (χ1) is 10.9. The van der Waals surface area contributed by atoms with Crippen molar-refractivity contribution in [3.8, 4) is 0 Å². The van der Waals surface area contributed by atoms with E-state index in [1.54, 1.807) is 0 Å². The number of alkyl halides is 3. The van der Waals surface area contributed by atoms with Gasteiger partial charge in [-0.05, 0) is 25.0 Å². The number of aromatic nitrogens is 1. The molecule has 1 aromatic rings. The summed E-state index contributed by atoms with van der Waals surface area (Å²) in [6, 6.07) is 2.39. The number of pyridine rings is 1. The van der Waals surface area contributed by atoms with Crippen molar-refractivity contribution in [1.82, 2.24) is 15.2 Å². The molecule has 1 unspecified atom stereocenters. The second-order valence-electron chi connectivity index (χ2n) is 5.87. The lowest BCUT2D eigenvalue weighted by molar-refractivity contribution is -0.137.